The molecule has 0 aromatic carbocycles. The summed E-state index contributed by atoms with van der Waals surface area (Å²) < 4.78 is 32.6. The van der Waals surface area contributed by atoms with E-state index in [0.29, 0.717) is 12.8 Å². The highest BCUT2D eigenvalue weighted by Crippen LogP contribution is 2.43. The molecule has 0 rings (SSSR count). The molecule has 0 aromatic rings. The number of unbranched alkanes of at least 4 members (excludes halogenated alkanes) is 19. The van der Waals surface area contributed by atoms with Gasteiger partial charge in [-0.3, -0.25) is 18.6 Å². The number of aliphatic hydroxyl groups is 2. The molecule has 0 bridgehead atoms. The van der Waals surface area contributed by atoms with Gasteiger partial charge in [0.05, 0.1) is 19.8 Å². The summed E-state index contributed by atoms with van der Waals surface area (Å²) in [5.74, 6) is -0.950. The number of phosphoric acid groups is 1. The monoisotopic (exact) mass is 773 g/mol. The third-order valence-electron chi connectivity index (χ3n) is 8.77. The molecular weight excluding hydrogens is 695 g/mol. The van der Waals surface area contributed by atoms with Crippen molar-refractivity contribution in [3.05, 3.63) is 36.5 Å². The molecule has 0 amide bonds. The van der Waals surface area contributed by atoms with E-state index < -0.39 is 51.8 Å². The van der Waals surface area contributed by atoms with Crippen molar-refractivity contribution < 1.29 is 47.8 Å². The summed E-state index contributed by atoms with van der Waals surface area (Å²) in [6.07, 6.45) is 38.2. The van der Waals surface area contributed by atoms with E-state index in [1.54, 1.807) is 0 Å². The molecule has 11 heteroatoms. The van der Waals surface area contributed by atoms with Crippen LogP contribution in [-0.4, -0.2) is 65.7 Å². The van der Waals surface area contributed by atoms with E-state index in [1.807, 2.05) is 0 Å². The zero-order chi connectivity index (χ0) is 39.1. The molecule has 0 fully saturated rings. The molecule has 1 unspecified atom stereocenters. The van der Waals surface area contributed by atoms with Crippen LogP contribution in [0.25, 0.3) is 0 Å². The molecule has 53 heavy (non-hydrogen) atoms. The molecule has 0 aliphatic carbocycles. The largest absolute Gasteiger partial charge is 0.472 e. The molecule has 0 saturated carbocycles. The highest BCUT2D eigenvalue weighted by Gasteiger charge is 2.27. The van der Waals surface area contributed by atoms with Crippen LogP contribution in [0.1, 0.15) is 181 Å². The van der Waals surface area contributed by atoms with Crippen molar-refractivity contribution in [1.82, 2.24) is 0 Å². The van der Waals surface area contributed by atoms with Crippen LogP contribution in [0.15, 0.2) is 36.5 Å². The summed E-state index contributed by atoms with van der Waals surface area (Å²) >= 11 is 0. The van der Waals surface area contributed by atoms with E-state index in [-0.39, 0.29) is 19.4 Å². The first-order valence-corrected chi connectivity index (χ1v) is 22.4. The molecule has 0 aromatic heterocycles. The van der Waals surface area contributed by atoms with Crippen LogP contribution in [0, 0.1) is 0 Å². The van der Waals surface area contributed by atoms with E-state index in [2.05, 4.69) is 54.8 Å². The minimum atomic E-state index is -4.62. The molecule has 0 saturated heterocycles. The summed E-state index contributed by atoms with van der Waals surface area (Å²) in [6, 6.07) is 0. The summed E-state index contributed by atoms with van der Waals surface area (Å²) in [5.41, 5.74) is 0. The third-order valence-corrected chi connectivity index (χ3v) is 9.72. The Hall–Kier alpha value is -1.81. The number of esters is 2. The fourth-order valence-corrected chi connectivity index (χ4v) is 6.28. The van der Waals surface area contributed by atoms with Gasteiger partial charge in [-0.15, -0.1) is 0 Å². The molecule has 3 N–H and O–H groups in total. The van der Waals surface area contributed by atoms with Crippen molar-refractivity contribution in [3.8, 4) is 0 Å². The van der Waals surface area contributed by atoms with E-state index in [4.69, 9.17) is 19.1 Å². The van der Waals surface area contributed by atoms with Crippen molar-refractivity contribution in [2.75, 3.05) is 26.4 Å². The lowest BCUT2D eigenvalue weighted by molar-refractivity contribution is -0.161. The summed E-state index contributed by atoms with van der Waals surface area (Å²) in [4.78, 5) is 34.9. The van der Waals surface area contributed by atoms with Gasteiger partial charge in [0.2, 0.25) is 0 Å². The van der Waals surface area contributed by atoms with Gasteiger partial charge in [-0.05, 0) is 70.6 Å². The first-order valence-electron chi connectivity index (χ1n) is 20.9. The smallest absolute Gasteiger partial charge is 0.462 e. The summed E-state index contributed by atoms with van der Waals surface area (Å²) in [7, 11) is -4.62. The molecular formula is C42H77O10P. The third kappa shape index (κ3) is 38.3. The summed E-state index contributed by atoms with van der Waals surface area (Å²) in [6.45, 7) is 2.32. The Labute approximate surface area is 322 Å². The molecule has 0 aliphatic rings. The normalized spacial score (nSPS) is 14.3. The summed E-state index contributed by atoms with van der Waals surface area (Å²) in [5, 5.41) is 18.3. The lowest BCUT2D eigenvalue weighted by atomic mass is 10.1. The molecule has 3 atom stereocenters. The Morgan fingerprint density at radius 2 is 0.981 bits per heavy atom. The first-order chi connectivity index (χ1) is 25.7. The quantitative estimate of drug-likeness (QED) is 0.0238. The maximum atomic E-state index is 12.6. The van der Waals surface area contributed by atoms with Gasteiger partial charge in [0, 0.05) is 12.8 Å². The van der Waals surface area contributed by atoms with E-state index in [9.17, 15) is 24.2 Å². The van der Waals surface area contributed by atoms with Crippen LogP contribution in [0.4, 0.5) is 0 Å². The van der Waals surface area contributed by atoms with Gasteiger partial charge in [0.25, 0.3) is 0 Å². The Kier molecular flexibility index (Phi) is 37.2. The number of hydrogen-bond acceptors (Lipinski definition) is 9. The number of carbonyl (C=O) groups is 2. The first kappa shape index (κ1) is 51.2. The second-order valence-electron chi connectivity index (χ2n) is 14.0. The second kappa shape index (κ2) is 38.5. The fraction of sp³-hybridized carbons (Fsp3) is 0.810. The highest BCUT2D eigenvalue weighted by atomic mass is 31.2. The lowest BCUT2D eigenvalue weighted by Crippen LogP contribution is -2.29. The predicted octanol–water partition coefficient (Wildman–Crippen LogP) is 10.8. The maximum Gasteiger partial charge on any atom is 0.472 e. The van der Waals surface area contributed by atoms with E-state index in [0.717, 1.165) is 83.5 Å². The van der Waals surface area contributed by atoms with Gasteiger partial charge in [-0.25, -0.2) is 4.57 Å². The minimum Gasteiger partial charge on any atom is -0.462 e. The SMILES string of the molecule is CCCCC/C=C/C/C=C/CCCCCCCC(=O)OC[C@H](COP(=O)(O)OC[C@@H](O)CO)OC(=O)CCCCCCC/C=C/CCCCCCCC. The topological polar surface area (TPSA) is 149 Å². The Morgan fingerprint density at radius 3 is 1.51 bits per heavy atom. The van der Waals surface area contributed by atoms with Crippen LogP contribution in [0.3, 0.4) is 0 Å². The fourth-order valence-electron chi connectivity index (χ4n) is 5.49. The number of rotatable bonds is 39. The minimum absolute atomic E-state index is 0.171. The molecule has 310 valence electrons. The molecule has 0 spiro atoms. The van der Waals surface area contributed by atoms with Crippen LogP contribution < -0.4 is 0 Å². The van der Waals surface area contributed by atoms with Gasteiger partial charge in [0.15, 0.2) is 6.10 Å². The van der Waals surface area contributed by atoms with Crippen LogP contribution in [-0.2, 0) is 32.7 Å². The molecule has 0 heterocycles. The number of ether oxygens (including phenoxy) is 2. The number of carbonyl (C=O) groups excluding carboxylic acids is 2. The zero-order valence-electron chi connectivity index (χ0n) is 33.5. The second-order valence-corrected chi connectivity index (χ2v) is 15.5. The zero-order valence-corrected chi connectivity index (χ0v) is 34.4. The average Bonchev–Trinajstić information content (AvgIpc) is 3.14. The van der Waals surface area contributed by atoms with Crippen LogP contribution in [0.2, 0.25) is 0 Å². The van der Waals surface area contributed by atoms with Crippen molar-refractivity contribution in [1.29, 1.82) is 0 Å². The van der Waals surface area contributed by atoms with E-state index >= 15 is 0 Å². The Bertz CT molecular complexity index is 983. The van der Waals surface area contributed by atoms with Gasteiger partial charge in [0.1, 0.15) is 12.7 Å². The van der Waals surface area contributed by atoms with Crippen LogP contribution in [0.5, 0.6) is 0 Å². The lowest BCUT2D eigenvalue weighted by Gasteiger charge is -2.20. The van der Waals surface area contributed by atoms with E-state index in [1.165, 1.54) is 57.8 Å². The Morgan fingerprint density at radius 1 is 0.566 bits per heavy atom. The molecule has 0 radical (unpaired) electrons. The van der Waals surface area contributed by atoms with Gasteiger partial charge < -0.3 is 24.6 Å². The highest BCUT2D eigenvalue weighted by molar-refractivity contribution is 7.47. The molecule has 0 aliphatic heterocycles. The predicted molar refractivity (Wildman–Crippen MR) is 214 cm³/mol. The van der Waals surface area contributed by atoms with Crippen molar-refractivity contribution in [2.45, 2.75) is 193 Å². The van der Waals surface area contributed by atoms with Gasteiger partial charge >= 0.3 is 19.8 Å². The standard InChI is InChI=1S/C42H77O10P/c1-3-5-7-9-11-13-15-17-19-21-23-25-27-29-31-33-41(45)49-37-40(38-51-53(47,48)50-36-39(44)35-43)52-42(46)34-32-30-28-26-24-22-20-18-16-14-12-10-8-6-4-2/h11,13,17-20,39-40,43-44H,3-10,12,14-16,21-38H2,1-2H3,(H,47,48)/b13-11+,19-17+,20-18+/t39-,40+/m0/s1. The average molecular weight is 773 g/mol. The van der Waals surface area contributed by atoms with Crippen molar-refractivity contribution >= 4 is 19.8 Å². The number of hydrogen-bond donors (Lipinski definition) is 3. The number of allylic oxidation sites excluding steroid dienone is 6. The Balaban J connectivity index is 4.36. The number of phosphoric ester groups is 1. The van der Waals surface area contributed by atoms with Gasteiger partial charge in [-0.2, -0.15) is 0 Å². The maximum absolute atomic E-state index is 12.6. The van der Waals surface area contributed by atoms with Crippen LogP contribution >= 0.6 is 7.82 Å². The van der Waals surface area contributed by atoms with Crippen molar-refractivity contribution in [3.63, 3.8) is 0 Å². The van der Waals surface area contributed by atoms with Crippen molar-refractivity contribution in [2.24, 2.45) is 0 Å². The molecule has 10 nitrogen and oxygen atoms in total. The number of aliphatic hydroxyl groups excluding tert-OH is 2. The van der Waals surface area contributed by atoms with Gasteiger partial charge in [-0.1, -0.05) is 134 Å².